The molecule has 0 saturated carbocycles. The first kappa shape index (κ1) is 12.9. The van der Waals surface area contributed by atoms with Gasteiger partial charge in [-0.05, 0) is 53.4 Å². The predicted molar refractivity (Wildman–Crippen MR) is 64.0 cm³/mol. The molecule has 0 aromatic carbocycles. The normalized spacial score (nSPS) is 24.4. The maximum atomic E-state index is 9.57. The Balaban J connectivity index is 2.39. The van der Waals surface area contributed by atoms with Crippen molar-refractivity contribution in [3.8, 4) is 0 Å². The Morgan fingerprint density at radius 1 is 1.33 bits per heavy atom. The molecule has 1 N–H and O–H groups in total. The van der Waals surface area contributed by atoms with Gasteiger partial charge in [-0.25, -0.2) is 0 Å². The number of aliphatic hydroxyl groups is 1. The Morgan fingerprint density at radius 2 is 1.87 bits per heavy atom. The van der Waals surface area contributed by atoms with Crippen LogP contribution in [0.3, 0.4) is 0 Å². The van der Waals surface area contributed by atoms with Crippen molar-refractivity contribution in [3.63, 3.8) is 0 Å². The minimum Gasteiger partial charge on any atom is -0.392 e. The predicted octanol–water partition coefficient (Wildman–Crippen LogP) is 1.17. The van der Waals surface area contributed by atoms with Gasteiger partial charge in [0, 0.05) is 12.1 Å². The second-order valence-corrected chi connectivity index (χ2v) is 4.81. The van der Waals surface area contributed by atoms with Gasteiger partial charge in [-0.1, -0.05) is 6.92 Å². The van der Waals surface area contributed by atoms with Crippen LogP contribution in [0.25, 0.3) is 0 Å². The van der Waals surface area contributed by atoms with Gasteiger partial charge in [0.15, 0.2) is 0 Å². The molecule has 1 heterocycles. The van der Waals surface area contributed by atoms with Gasteiger partial charge in [0.05, 0.1) is 6.10 Å². The molecule has 1 aliphatic rings. The van der Waals surface area contributed by atoms with E-state index in [0.717, 1.165) is 0 Å². The molecule has 0 aliphatic carbocycles. The summed E-state index contributed by atoms with van der Waals surface area (Å²) in [6, 6.07) is 0.917. The summed E-state index contributed by atoms with van der Waals surface area (Å²) in [5, 5.41) is 9.57. The molecular formula is C12H26N2O. The molecule has 2 unspecified atom stereocenters. The largest absolute Gasteiger partial charge is 0.392 e. The monoisotopic (exact) mass is 214 g/mol. The highest BCUT2D eigenvalue weighted by atomic mass is 16.3. The van der Waals surface area contributed by atoms with Gasteiger partial charge in [-0.2, -0.15) is 0 Å². The van der Waals surface area contributed by atoms with Crippen LogP contribution in [0.15, 0.2) is 0 Å². The van der Waals surface area contributed by atoms with E-state index >= 15 is 0 Å². The van der Waals surface area contributed by atoms with E-state index in [1.165, 1.54) is 32.5 Å². The summed E-state index contributed by atoms with van der Waals surface area (Å²) in [6.45, 7) is 9.79. The van der Waals surface area contributed by atoms with Crippen LogP contribution in [-0.2, 0) is 0 Å². The molecule has 0 bridgehead atoms. The molecule has 0 aromatic rings. The van der Waals surface area contributed by atoms with Crippen molar-refractivity contribution < 1.29 is 5.11 Å². The summed E-state index contributed by atoms with van der Waals surface area (Å²) in [6.07, 6.45) is 2.24. The summed E-state index contributed by atoms with van der Waals surface area (Å²) in [5.74, 6) is 0. The zero-order valence-electron chi connectivity index (χ0n) is 10.6. The van der Waals surface area contributed by atoms with Crippen LogP contribution < -0.4 is 0 Å². The molecule has 2 atom stereocenters. The van der Waals surface area contributed by atoms with Crippen molar-refractivity contribution in [1.29, 1.82) is 0 Å². The molecule has 0 radical (unpaired) electrons. The third-order valence-corrected chi connectivity index (χ3v) is 3.92. The van der Waals surface area contributed by atoms with Crippen LogP contribution in [0.5, 0.6) is 0 Å². The van der Waals surface area contributed by atoms with Crippen LogP contribution >= 0.6 is 0 Å². The number of rotatable bonds is 4. The van der Waals surface area contributed by atoms with Crippen LogP contribution in [0.2, 0.25) is 0 Å². The molecule has 3 nitrogen and oxygen atoms in total. The highest BCUT2D eigenvalue weighted by molar-refractivity contribution is 4.82. The quantitative estimate of drug-likeness (QED) is 0.761. The fourth-order valence-corrected chi connectivity index (χ4v) is 2.32. The van der Waals surface area contributed by atoms with Crippen LogP contribution in [0.4, 0.5) is 0 Å². The first-order chi connectivity index (χ1) is 7.06. The van der Waals surface area contributed by atoms with E-state index in [4.69, 9.17) is 0 Å². The highest BCUT2D eigenvalue weighted by Crippen LogP contribution is 2.18. The molecular weight excluding hydrogens is 188 g/mol. The average Bonchev–Trinajstić information content (AvgIpc) is 2.27. The van der Waals surface area contributed by atoms with E-state index in [9.17, 15) is 5.11 Å². The number of likely N-dealkylation sites (N-methyl/N-ethyl adjacent to an activating group) is 1. The maximum absolute atomic E-state index is 9.57. The van der Waals surface area contributed by atoms with Gasteiger partial charge < -0.3 is 10.0 Å². The third kappa shape index (κ3) is 3.44. The van der Waals surface area contributed by atoms with Gasteiger partial charge in [0.1, 0.15) is 0 Å². The number of aliphatic hydroxyl groups excluding tert-OH is 1. The van der Waals surface area contributed by atoms with Crippen molar-refractivity contribution in [2.45, 2.75) is 51.8 Å². The molecule has 15 heavy (non-hydrogen) atoms. The van der Waals surface area contributed by atoms with E-state index in [1.807, 2.05) is 6.92 Å². The van der Waals surface area contributed by atoms with E-state index in [-0.39, 0.29) is 12.1 Å². The van der Waals surface area contributed by atoms with E-state index in [0.29, 0.717) is 6.04 Å². The first-order valence-electron chi connectivity index (χ1n) is 6.18. The zero-order chi connectivity index (χ0) is 11.4. The molecule has 0 amide bonds. The van der Waals surface area contributed by atoms with Crippen LogP contribution in [0, 0.1) is 0 Å². The van der Waals surface area contributed by atoms with Crippen LogP contribution in [0.1, 0.15) is 33.6 Å². The van der Waals surface area contributed by atoms with Gasteiger partial charge >= 0.3 is 0 Å². The Hall–Kier alpha value is -0.120. The third-order valence-electron chi connectivity index (χ3n) is 3.92. The second kappa shape index (κ2) is 5.83. The fraction of sp³-hybridized carbons (Fsp3) is 1.00. The van der Waals surface area contributed by atoms with Crippen molar-refractivity contribution in [3.05, 3.63) is 0 Å². The van der Waals surface area contributed by atoms with Crippen molar-refractivity contribution in [2.24, 2.45) is 0 Å². The summed E-state index contributed by atoms with van der Waals surface area (Å²) in [4.78, 5) is 4.84. The minimum atomic E-state index is -0.237. The van der Waals surface area contributed by atoms with Crippen LogP contribution in [-0.4, -0.2) is 59.8 Å². The lowest BCUT2D eigenvalue weighted by atomic mass is 10.0. The number of likely N-dealkylation sites (tertiary alicyclic amines) is 1. The fourth-order valence-electron chi connectivity index (χ4n) is 2.32. The zero-order valence-corrected chi connectivity index (χ0v) is 10.6. The lowest BCUT2D eigenvalue weighted by Crippen LogP contribution is -2.49. The molecule has 0 aromatic heterocycles. The Bertz CT molecular complexity index is 176. The number of piperidine rings is 1. The number of hydrogen-bond donors (Lipinski definition) is 1. The molecule has 1 fully saturated rings. The molecule has 3 heteroatoms. The highest BCUT2D eigenvalue weighted by Gasteiger charge is 2.26. The summed E-state index contributed by atoms with van der Waals surface area (Å²) < 4.78 is 0. The summed E-state index contributed by atoms with van der Waals surface area (Å²) in [7, 11) is 2.14. The maximum Gasteiger partial charge on any atom is 0.0664 e. The Labute approximate surface area is 94.1 Å². The van der Waals surface area contributed by atoms with Crippen molar-refractivity contribution >= 4 is 0 Å². The SMILES string of the molecule is CCN1CCC(N(C)C(C)C(C)O)CC1. The minimum absolute atomic E-state index is 0.237. The second-order valence-electron chi connectivity index (χ2n) is 4.81. The van der Waals surface area contributed by atoms with E-state index in [1.54, 1.807) is 0 Å². The molecule has 1 rings (SSSR count). The van der Waals surface area contributed by atoms with Gasteiger partial charge in [-0.3, -0.25) is 4.90 Å². The van der Waals surface area contributed by atoms with Gasteiger partial charge in [-0.15, -0.1) is 0 Å². The van der Waals surface area contributed by atoms with E-state index < -0.39 is 0 Å². The average molecular weight is 214 g/mol. The Kier molecular flexibility index (Phi) is 5.03. The van der Waals surface area contributed by atoms with Gasteiger partial charge in [0.2, 0.25) is 0 Å². The standard InChI is InChI=1S/C12H26N2O/c1-5-14-8-6-12(7-9-14)13(4)10(2)11(3)15/h10-12,15H,5-9H2,1-4H3. The smallest absolute Gasteiger partial charge is 0.0664 e. The lowest BCUT2D eigenvalue weighted by Gasteiger charge is -2.39. The topological polar surface area (TPSA) is 26.7 Å². The van der Waals surface area contributed by atoms with Crippen molar-refractivity contribution in [1.82, 2.24) is 9.80 Å². The van der Waals surface area contributed by atoms with Gasteiger partial charge in [0.25, 0.3) is 0 Å². The molecule has 1 saturated heterocycles. The number of hydrogen-bond acceptors (Lipinski definition) is 3. The van der Waals surface area contributed by atoms with E-state index in [2.05, 4.69) is 30.7 Å². The summed E-state index contributed by atoms with van der Waals surface area (Å²) >= 11 is 0. The molecule has 90 valence electrons. The summed E-state index contributed by atoms with van der Waals surface area (Å²) in [5.41, 5.74) is 0. The molecule has 1 aliphatic heterocycles. The Morgan fingerprint density at radius 3 is 2.27 bits per heavy atom. The first-order valence-corrected chi connectivity index (χ1v) is 6.18. The van der Waals surface area contributed by atoms with Crippen molar-refractivity contribution in [2.75, 3.05) is 26.7 Å². The molecule has 0 spiro atoms. The lowest BCUT2D eigenvalue weighted by molar-refractivity contribution is 0.0380. The number of nitrogens with zero attached hydrogens (tertiary/aromatic N) is 2.